The van der Waals surface area contributed by atoms with Crippen molar-refractivity contribution < 1.29 is 14.2 Å². The quantitative estimate of drug-likeness (QED) is 0.879. The van der Waals surface area contributed by atoms with E-state index in [4.69, 9.17) is 9.84 Å². The van der Waals surface area contributed by atoms with Gasteiger partial charge >= 0.3 is 0 Å². The smallest absolute Gasteiger partial charge is 0.138 e. The van der Waals surface area contributed by atoms with Gasteiger partial charge in [-0.15, -0.1) is 0 Å². The van der Waals surface area contributed by atoms with Gasteiger partial charge in [-0.25, -0.2) is 4.39 Å². The first-order valence-electron chi connectivity index (χ1n) is 6.66. The molecule has 0 atom stereocenters. The molecule has 0 spiro atoms. The monoisotopic (exact) mass is 288 g/mol. The van der Waals surface area contributed by atoms with Gasteiger partial charge in [-0.2, -0.15) is 5.10 Å². The van der Waals surface area contributed by atoms with Gasteiger partial charge in [0.2, 0.25) is 0 Å². The normalized spacial score (nSPS) is 10.3. The molecule has 1 aromatic carbocycles. The predicted octanol–water partition coefficient (Wildman–Crippen LogP) is 2.53. The Hall–Kier alpha value is -2.32. The summed E-state index contributed by atoms with van der Waals surface area (Å²) >= 11 is 0. The number of aliphatic hydroxyl groups is 1. The average Bonchev–Trinajstić information content (AvgIpc) is 2.93. The van der Waals surface area contributed by atoms with Crippen LogP contribution in [-0.2, 0) is 6.61 Å². The highest BCUT2D eigenvalue weighted by molar-refractivity contribution is 5.46. The Morgan fingerprint density at radius 3 is 2.86 bits per heavy atom. The van der Waals surface area contributed by atoms with Crippen LogP contribution in [0.2, 0.25) is 0 Å². The first kappa shape index (κ1) is 15.1. The number of benzene rings is 1. The Morgan fingerprint density at radius 1 is 1.38 bits per heavy atom. The lowest BCUT2D eigenvalue weighted by atomic mass is 10.2. The van der Waals surface area contributed by atoms with Crippen LogP contribution < -0.4 is 4.74 Å². The fourth-order valence-corrected chi connectivity index (χ4v) is 1.75. The van der Waals surface area contributed by atoms with E-state index in [9.17, 15) is 4.39 Å². The van der Waals surface area contributed by atoms with Gasteiger partial charge < -0.3 is 9.84 Å². The standard InChI is InChI=1S/C16H17FN2O2/c1-12(2)19-8-7-15(18-19)11-21-16-10-14(17)6-5-13(16)4-3-9-20/h5-8,10,12,20H,9,11H2,1-2H3. The molecule has 0 unspecified atom stereocenters. The van der Waals surface area contributed by atoms with Crippen molar-refractivity contribution in [1.29, 1.82) is 0 Å². The van der Waals surface area contributed by atoms with Crippen LogP contribution in [0.15, 0.2) is 30.5 Å². The molecule has 0 radical (unpaired) electrons. The van der Waals surface area contributed by atoms with Gasteiger partial charge in [0.15, 0.2) is 0 Å². The molecule has 0 aliphatic rings. The number of hydrogen-bond donors (Lipinski definition) is 1. The van der Waals surface area contributed by atoms with Crippen LogP contribution in [0.25, 0.3) is 0 Å². The summed E-state index contributed by atoms with van der Waals surface area (Å²) < 4.78 is 20.7. The van der Waals surface area contributed by atoms with Gasteiger partial charge in [-0.05, 0) is 32.0 Å². The van der Waals surface area contributed by atoms with Crippen molar-refractivity contribution in [3.63, 3.8) is 0 Å². The van der Waals surface area contributed by atoms with Crippen molar-refractivity contribution in [1.82, 2.24) is 9.78 Å². The summed E-state index contributed by atoms with van der Waals surface area (Å²) in [4.78, 5) is 0. The van der Waals surface area contributed by atoms with E-state index in [1.54, 1.807) is 0 Å². The van der Waals surface area contributed by atoms with Gasteiger partial charge in [0.1, 0.15) is 24.8 Å². The van der Waals surface area contributed by atoms with E-state index in [2.05, 4.69) is 16.9 Å². The highest BCUT2D eigenvalue weighted by Gasteiger charge is 2.07. The molecule has 21 heavy (non-hydrogen) atoms. The first-order valence-corrected chi connectivity index (χ1v) is 6.66. The Morgan fingerprint density at radius 2 is 2.19 bits per heavy atom. The van der Waals surface area contributed by atoms with Gasteiger partial charge in [-0.1, -0.05) is 11.8 Å². The molecule has 0 saturated heterocycles. The number of aliphatic hydroxyl groups excluding tert-OH is 1. The molecule has 0 saturated carbocycles. The summed E-state index contributed by atoms with van der Waals surface area (Å²) in [6, 6.07) is 6.25. The van der Waals surface area contributed by atoms with Crippen LogP contribution in [0.3, 0.4) is 0 Å². The number of halogens is 1. The third-order valence-corrected chi connectivity index (χ3v) is 2.81. The first-order chi connectivity index (χ1) is 10.1. The average molecular weight is 288 g/mol. The van der Waals surface area contributed by atoms with E-state index in [-0.39, 0.29) is 19.3 Å². The third-order valence-electron chi connectivity index (χ3n) is 2.81. The number of aromatic nitrogens is 2. The zero-order chi connectivity index (χ0) is 15.2. The van der Waals surface area contributed by atoms with Crippen molar-refractivity contribution in [2.75, 3.05) is 6.61 Å². The largest absolute Gasteiger partial charge is 0.486 e. The maximum absolute atomic E-state index is 13.3. The molecular formula is C16H17FN2O2. The highest BCUT2D eigenvalue weighted by atomic mass is 19.1. The van der Waals surface area contributed by atoms with Crippen molar-refractivity contribution in [2.45, 2.75) is 26.5 Å². The van der Waals surface area contributed by atoms with E-state index >= 15 is 0 Å². The molecule has 0 amide bonds. The molecule has 0 aliphatic carbocycles. The van der Waals surface area contributed by atoms with Crippen molar-refractivity contribution >= 4 is 0 Å². The molecule has 1 N–H and O–H groups in total. The molecule has 0 bridgehead atoms. The van der Waals surface area contributed by atoms with Crippen LogP contribution in [0.4, 0.5) is 4.39 Å². The Kier molecular flexibility index (Phi) is 4.96. The highest BCUT2D eigenvalue weighted by Crippen LogP contribution is 2.20. The fourth-order valence-electron chi connectivity index (χ4n) is 1.75. The maximum Gasteiger partial charge on any atom is 0.138 e. The maximum atomic E-state index is 13.3. The minimum Gasteiger partial charge on any atom is -0.486 e. The summed E-state index contributed by atoms with van der Waals surface area (Å²) in [6.45, 7) is 4.05. The van der Waals surface area contributed by atoms with E-state index < -0.39 is 5.82 Å². The van der Waals surface area contributed by atoms with Crippen molar-refractivity contribution in [3.8, 4) is 17.6 Å². The summed E-state index contributed by atoms with van der Waals surface area (Å²) in [5, 5.41) is 13.1. The molecule has 2 aromatic rings. The lowest BCUT2D eigenvalue weighted by Crippen LogP contribution is -2.04. The summed E-state index contributed by atoms with van der Waals surface area (Å²) in [7, 11) is 0. The van der Waals surface area contributed by atoms with Crippen LogP contribution in [0.5, 0.6) is 5.75 Å². The molecule has 1 aromatic heterocycles. The second-order valence-electron chi connectivity index (χ2n) is 4.77. The molecule has 5 heteroatoms. The summed E-state index contributed by atoms with van der Waals surface area (Å²) in [5.74, 6) is 5.20. The molecule has 4 nitrogen and oxygen atoms in total. The van der Waals surface area contributed by atoms with Crippen LogP contribution in [-0.4, -0.2) is 21.5 Å². The van der Waals surface area contributed by atoms with E-state index in [0.717, 1.165) is 5.69 Å². The Balaban J connectivity index is 2.12. The van der Waals surface area contributed by atoms with Gasteiger partial charge in [-0.3, -0.25) is 4.68 Å². The molecule has 110 valence electrons. The zero-order valence-corrected chi connectivity index (χ0v) is 12.0. The van der Waals surface area contributed by atoms with Crippen molar-refractivity contribution in [3.05, 3.63) is 47.5 Å². The second kappa shape index (κ2) is 6.91. The Labute approximate surface area is 123 Å². The lowest BCUT2D eigenvalue weighted by Gasteiger charge is -2.07. The molecule has 0 fully saturated rings. The lowest BCUT2D eigenvalue weighted by molar-refractivity contribution is 0.296. The van der Waals surface area contributed by atoms with Gasteiger partial charge in [0, 0.05) is 18.3 Å². The topological polar surface area (TPSA) is 47.3 Å². The summed E-state index contributed by atoms with van der Waals surface area (Å²) in [5.41, 5.74) is 1.29. The number of nitrogens with zero attached hydrogens (tertiary/aromatic N) is 2. The second-order valence-corrected chi connectivity index (χ2v) is 4.77. The third kappa shape index (κ3) is 4.07. The fraction of sp³-hybridized carbons (Fsp3) is 0.312. The molecule has 2 rings (SSSR count). The van der Waals surface area contributed by atoms with Crippen LogP contribution >= 0.6 is 0 Å². The van der Waals surface area contributed by atoms with E-state index in [0.29, 0.717) is 11.3 Å². The Bertz CT molecular complexity index is 668. The van der Waals surface area contributed by atoms with Crippen LogP contribution in [0.1, 0.15) is 31.1 Å². The van der Waals surface area contributed by atoms with Gasteiger partial charge in [0.05, 0.1) is 11.3 Å². The molecule has 0 aliphatic heterocycles. The molecule has 1 heterocycles. The summed E-state index contributed by atoms with van der Waals surface area (Å²) in [6.07, 6.45) is 1.88. The number of rotatable bonds is 4. The van der Waals surface area contributed by atoms with Gasteiger partial charge in [0.25, 0.3) is 0 Å². The SMILES string of the molecule is CC(C)n1ccc(COc2cc(F)ccc2C#CCO)n1. The number of ether oxygens (including phenoxy) is 1. The zero-order valence-electron chi connectivity index (χ0n) is 12.0. The minimum atomic E-state index is -0.396. The van der Waals surface area contributed by atoms with E-state index in [1.165, 1.54) is 18.2 Å². The molecular weight excluding hydrogens is 271 g/mol. The number of hydrogen-bond acceptors (Lipinski definition) is 3. The predicted molar refractivity (Wildman–Crippen MR) is 77.3 cm³/mol. The van der Waals surface area contributed by atoms with Crippen LogP contribution in [0, 0.1) is 17.7 Å². The van der Waals surface area contributed by atoms with E-state index in [1.807, 2.05) is 30.8 Å². The minimum absolute atomic E-state index is 0.233. The van der Waals surface area contributed by atoms with Crippen molar-refractivity contribution in [2.24, 2.45) is 0 Å².